The fraction of sp³-hybridized carbons (Fsp3) is 0.318. The molecule has 0 saturated heterocycles. The maximum Gasteiger partial charge on any atom is 0.133 e. The van der Waals surface area contributed by atoms with Crippen LogP contribution in [0.2, 0.25) is 0 Å². The zero-order chi connectivity index (χ0) is 19.0. The van der Waals surface area contributed by atoms with E-state index in [-0.39, 0.29) is 0 Å². The number of para-hydroxylation sites is 1. The van der Waals surface area contributed by atoms with Gasteiger partial charge in [-0.1, -0.05) is 32.0 Å². The summed E-state index contributed by atoms with van der Waals surface area (Å²) in [5.41, 5.74) is 5.63. The minimum absolute atomic E-state index is 0.419. The first-order chi connectivity index (χ1) is 13.1. The van der Waals surface area contributed by atoms with Crippen molar-refractivity contribution in [2.75, 3.05) is 26.1 Å². The highest BCUT2D eigenvalue weighted by atomic mass is 16.5. The molecule has 0 bridgehead atoms. The molecule has 0 unspecified atom stereocenters. The predicted octanol–water partition coefficient (Wildman–Crippen LogP) is 4.65. The normalized spacial score (nSPS) is 12.8. The van der Waals surface area contributed by atoms with Gasteiger partial charge in [0.2, 0.25) is 0 Å². The highest BCUT2D eigenvalue weighted by molar-refractivity contribution is 5.75. The quantitative estimate of drug-likeness (QED) is 0.717. The maximum absolute atomic E-state index is 5.45. The minimum atomic E-state index is 0.419. The number of benzene rings is 2. The summed E-state index contributed by atoms with van der Waals surface area (Å²) in [7, 11) is 3.34. The van der Waals surface area contributed by atoms with Crippen LogP contribution in [0.3, 0.4) is 0 Å². The standard InChI is InChI=1S/C22H25N3O2/c1-14(2)18-7-5-6-8-20(18)25-22-19(9-10-23-22)21(24-25)15-11-16(26-3)13-17(12-15)27-4/h5-8,11-14,23H,9-10H2,1-4H3. The van der Waals surface area contributed by atoms with Crippen LogP contribution in [0.25, 0.3) is 16.9 Å². The number of methoxy groups -OCH3 is 2. The minimum Gasteiger partial charge on any atom is -0.497 e. The molecule has 5 nitrogen and oxygen atoms in total. The molecule has 1 aliphatic rings. The van der Waals surface area contributed by atoms with Gasteiger partial charge in [-0.25, -0.2) is 4.68 Å². The number of nitrogens with one attached hydrogen (secondary N) is 1. The summed E-state index contributed by atoms with van der Waals surface area (Å²) >= 11 is 0. The van der Waals surface area contributed by atoms with Crippen LogP contribution in [0.5, 0.6) is 11.5 Å². The van der Waals surface area contributed by atoms with Crippen LogP contribution in [-0.2, 0) is 6.42 Å². The number of ether oxygens (including phenoxy) is 2. The lowest BCUT2D eigenvalue weighted by molar-refractivity contribution is 0.394. The van der Waals surface area contributed by atoms with E-state index in [4.69, 9.17) is 14.6 Å². The number of hydrogen-bond acceptors (Lipinski definition) is 4. The Balaban J connectivity index is 1.91. The van der Waals surface area contributed by atoms with Crippen LogP contribution >= 0.6 is 0 Å². The second kappa shape index (κ2) is 6.99. The van der Waals surface area contributed by atoms with Gasteiger partial charge >= 0.3 is 0 Å². The monoisotopic (exact) mass is 363 g/mol. The fourth-order valence-corrected chi connectivity index (χ4v) is 3.69. The van der Waals surface area contributed by atoms with Crippen molar-refractivity contribution in [3.8, 4) is 28.4 Å². The van der Waals surface area contributed by atoms with Crippen LogP contribution in [0.1, 0.15) is 30.9 Å². The van der Waals surface area contributed by atoms with Crippen molar-refractivity contribution < 1.29 is 9.47 Å². The number of rotatable bonds is 5. The molecule has 5 heteroatoms. The number of hydrogen-bond donors (Lipinski definition) is 1. The van der Waals surface area contributed by atoms with Crippen LogP contribution in [0.15, 0.2) is 42.5 Å². The van der Waals surface area contributed by atoms with Crippen molar-refractivity contribution in [3.63, 3.8) is 0 Å². The largest absolute Gasteiger partial charge is 0.497 e. The van der Waals surface area contributed by atoms with E-state index < -0.39 is 0 Å². The topological polar surface area (TPSA) is 48.3 Å². The second-order valence-electron chi connectivity index (χ2n) is 7.08. The highest BCUT2D eigenvalue weighted by Gasteiger charge is 2.25. The van der Waals surface area contributed by atoms with E-state index in [9.17, 15) is 0 Å². The molecular weight excluding hydrogens is 338 g/mol. The molecule has 0 atom stereocenters. The smallest absolute Gasteiger partial charge is 0.133 e. The SMILES string of the molecule is COc1cc(OC)cc(-c2nn(-c3ccccc3C(C)C)c3c2CCN3)c1. The molecule has 140 valence electrons. The van der Waals surface area contributed by atoms with Crippen LogP contribution in [0, 0.1) is 0 Å². The molecule has 2 aromatic carbocycles. The molecule has 1 aromatic heterocycles. The van der Waals surface area contributed by atoms with Crippen molar-refractivity contribution in [3.05, 3.63) is 53.6 Å². The first-order valence-corrected chi connectivity index (χ1v) is 9.31. The zero-order valence-electron chi connectivity index (χ0n) is 16.2. The van der Waals surface area contributed by atoms with Gasteiger partial charge in [-0.15, -0.1) is 0 Å². The first-order valence-electron chi connectivity index (χ1n) is 9.31. The Morgan fingerprint density at radius 1 is 1.04 bits per heavy atom. The van der Waals surface area contributed by atoms with Gasteiger partial charge in [0, 0.05) is 23.7 Å². The van der Waals surface area contributed by atoms with Crippen LogP contribution in [0.4, 0.5) is 5.82 Å². The second-order valence-corrected chi connectivity index (χ2v) is 7.08. The molecule has 2 heterocycles. The Kier molecular flexibility index (Phi) is 4.52. The summed E-state index contributed by atoms with van der Waals surface area (Å²) in [6, 6.07) is 14.4. The van der Waals surface area contributed by atoms with E-state index in [1.165, 1.54) is 11.1 Å². The summed E-state index contributed by atoms with van der Waals surface area (Å²) in [4.78, 5) is 0. The van der Waals surface area contributed by atoms with E-state index in [1.54, 1.807) is 14.2 Å². The van der Waals surface area contributed by atoms with Crippen molar-refractivity contribution in [1.82, 2.24) is 9.78 Å². The van der Waals surface area contributed by atoms with Crippen molar-refractivity contribution in [2.45, 2.75) is 26.2 Å². The molecular formula is C22H25N3O2. The Bertz CT molecular complexity index is 953. The molecule has 0 radical (unpaired) electrons. The highest BCUT2D eigenvalue weighted by Crippen LogP contribution is 2.38. The summed E-state index contributed by atoms with van der Waals surface area (Å²) in [6.07, 6.45) is 0.952. The van der Waals surface area contributed by atoms with Gasteiger partial charge in [0.05, 0.1) is 25.6 Å². The molecule has 4 rings (SSSR count). The molecule has 1 N–H and O–H groups in total. The lowest BCUT2D eigenvalue weighted by Gasteiger charge is -2.14. The molecule has 3 aromatic rings. The van der Waals surface area contributed by atoms with Gasteiger partial charge < -0.3 is 14.8 Å². The van der Waals surface area contributed by atoms with Gasteiger partial charge in [0.15, 0.2) is 0 Å². The van der Waals surface area contributed by atoms with Crippen molar-refractivity contribution in [1.29, 1.82) is 0 Å². The summed E-state index contributed by atoms with van der Waals surface area (Å²) in [6.45, 7) is 5.35. The van der Waals surface area contributed by atoms with Gasteiger partial charge in [0.1, 0.15) is 17.3 Å². The van der Waals surface area contributed by atoms with Crippen molar-refractivity contribution in [2.24, 2.45) is 0 Å². The summed E-state index contributed by atoms with van der Waals surface area (Å²) in [5.74, 6) is 3.03. The van der Waals surface area contributed by atoms with Gasteiger partial charge in [-0.2, -0.15) is 5.10 Å². The van der Waals surface area contributed by atoms with Crippen LogP contribution < -0.4 is 14.8 Å². The lowest BCUT2D eigenvalue weighted by atomic mass is 10.0. The Morgan fingerprint density at radius 2 is 1.74 bits per heavy atom. The molecule has 0 amide bonds. The number of fused-ring (bicyclic) bond motifs is 1. The first kappa shape index (κ1) is 17.5. The van der Waals surface area contributed by atoms with E-state index in [0.29, 0.717) is 5.92 Å². The number of nitrogens with zero attached hydrogens (tertiary/aromatic N) is 2. The third kappa shape index (κ3) is 3.03. The Hall–Kier alpha value is -2.95. The van der Waals surface area contributed by atoms with E-state index in [2.05, 4.69) is 48.1 Å². The third-order valence-electron chi connectivity index (χ3n) is 5.06. The third-order valence-corrected chi connectivity index (χ3v) is 5.06. The summed E-state index contributed by atoms with van der Waals surface area (Å²) < 4.78 is 13.0. The lowest BCUT2D eigenvalue weighted by Crippen LogP contribution is -2.07. The fourth-order valence-electron chi connectivity index (χ4n) is 3.69. The van der Waals surface area contributed by atoms with Crippen molar-refractivity contribution >= 4 is 5.82 Å². The maximum atomic E-state index is 5.45. The Labute approximate surface area is 159 Å². The predicted molar refractivity (Wildman–Crippen MR) is 108 cm³/mol. The van der Waals surface area contributed by atoms with Crippen LogP contribution in [-0.4, -0.2) is 30.5 Å². The molecule has 0 saturated carbocycles. The molecule has 1 aliphatic heterocycles. The number of aromatic nitrogens is 2. The molecule has 0 aliphatic carbocycles. The molecule has 27 heavy (non-hydrogen) atoms. The van der Waals surface area contributed by atoms with Gasteiger partial charge in [-0.3, -0.25) is 0 Å². The molecule has 0 spiro atoms. The van der Waals surface area contributed by atoms with Gasteiger partial charge in [-0.05, 0) is 36.1 Å². The van der Waals surface area contributed by atoms with E-state index in [0.717, 1.165) is 47.2 Å². The average Bonchev–Trinajstić information content (AvgIpc) is 3.30. The average molecular weight is 363 g/mol. The van der Waals surface area contributed by atoms with E-state index >= 15 is 0 Å². The molecule has 0 fully saturated rings. The van der Waals surface area contributed by atoms with E-state index in [1.807, 2.05) is 18.2 Å². The van der Waals surface area contributed by atoms with Gasteiger partial charge in [0.25, 0.3) is 0 Å². The summed E-state index contributed by atoms with van der Waals surface area (Å²) in [5, 5.41) is 8.53. The number of anilines is 1. The zero-order valence-corrected chi connectivity index (χ0v) is 16.2. The Morgan fingerprint density at radius 3 is 2.41 bits per heavy atom.